The van der Waals surface area contributed by atoms with Crippen molar-refractivity contribution in [3.05, 3.63) is 24.3 Å². The van der Waals surface area contributed by atoms with Crippen molar-refractivity contribution in [2.75, 3.05) is 32.8 Å². The number of carbonyl (C=O) groups excluding carboxylic acids is 2. The summed E-state index contributed by atoms with van der Waals surface area (Å²) < 4.78 is 11.5. The van der Waals surface area contributed by atoms with Crippen LogP contribution in [0, 0.1) is 5.92 Å². The van der Waals surface area contributed by atoms with E-state index in [0.29, 0.717) is 38.5 Å². The van der Waals surface area contributed by atoms with Crippen molar-refractivity contribution in [1.82, 2.24) is 15.5 Å². The SMILES string of the molecule is NC(=O)NC[C@@H]1CCCN(C(=O)NC[C@H]2COc3ccccc3O2)C1. The molecule has 136 valence electrons. The fraction of sp³-hybridized carbons (Fsp3) is 0.529. The van der Waals surface area contributed by atoms with Gasteiger partial charge < -0.3 is 30.7 Å². The molecule has 0 spiro atoms. The summed E-state index contributed by atoms with van der Waals surface area (Å²) in [6, 6.07) is 6.84. The summed E-state index contributed by atoms with van der Waals surface area (Å²) in [6.07, 6.45) is 1.67. The Balaban J connectivity index is 1.44. The second kappa shape index (κ2) is 7.96. The van der Waals surface area contributed by atoms with Crippen LogP contribution in [-0.2, 0) is 0 Å². The number of benzene rings is 1. The van der Waals surface area contributed by atoms with E-state index in [1.807, 2.05) is 24.3 Å². The topological polar surface area (TPSA) is 106 Å². The molecule has 25 heavy (non-hydrogen) atoms. The number of urea groups is 2. The van der Waals surface area contributed by atoms with Gasteiger partial charge in [0.25, 0.3) is 0 Å². The molecule has 2 atom stereocenters. The number of carbonyl (C=O) groups is 2. The van der Waals surface area contributed by atoms with Gasteiger partial charge in [-0.1, -0.05) is 12.1 Å². The van der Waals surface area contributed by atoms with Gasteiger partial charge in [0.1, 0.15) is 6.61 Å². The van der Waals surface area contributed by atoms with E-state index in [9.17, 15) is 9.59 Å². The van der Waals surface area contributed by atoms with Gasteiger partial charge in [-0.15, -0.1) is 0 Å². The quantitative estimate of drug-likeness (QED) is 0.752. The molecule has 1 aromatic carbocycles. The molecular weight excluding hydrogens is 324 g/mol. The third kappa shape index (κ3) is 4.68. The van der Waals surface area contributed by atoms with Crippen molar-refractivity contribution in [3.63, 3.8) is 0 Å². The highest BCUT2D eigenvalue weighted by molar-refractivity contribution is 5.74. The van der Waals surface area contributed by atoms with Crippen molar-refractivity contribution in [3.8, 4) is 11.5 Å². The number of amides is 4. The zero-order valence-corrected chi connectivity index (χ0v) is 14.1. The predicted octanol–water partition coefficient (Wildman–Crippen LogP) is 0.916. The molecule has 0 bridgehead atoms. The van der Waals surface area contributed by atoms with E-state index in [0.717, 1.165) is 18.6 Å². The number of nitrogens with one attached hydrogen (secondary N) is 2. The van der Waals surface area contributed by atoms with Crippen molar-refractivity contribution in [2.45, 2.75) is 18.9 Å². The van der Waals surface area contributed by atoms with Crippen LogP contribution in [0.5, 0.6) is 11.5 Å². The summed E-state index contributed by atoms with van der Waals surface area (Å²) in [7, 11) is 0. The third-order valence-electron chi connectivity index (χ3n) is 4.42. The van der Waals surface area contributed by atoms with Crippen LogP contribution in [0.4, 0.5) is 9.59 Å². The number of fused-ring (bicyclic) bond motifs is 1. The van der Waals surface area contributed by atoms with Crippen LogP contribution in [0.3, 0.4) is 0 Å². The van der Waals surface area contributed by atoms with E-state index in [1.54, 1.807) is 4.90 Å². The molecule has 1 aromatic rings. The molecule has 2 aliphatic rings. The van der Waals surface area contributed by atoms with Gasteiger partial charge in [-0.3, -0.25) is 0 Å². The number of hydrogen-bond acceptors (Lipinski definition) is 4. The first kappa shape index (κ1) is 17.2. The number of likely N-dealkylation sites (tertiary alicyclic amines) is 1. The number of nitrogens with zero attached hydrogens (tertiary/aromatic N) is 1. The Kier molecular flexibility index (Phi) is 5.47. The summed E-state index contributed by atoms with van der Waals surface area (Å²) in [6.45, 7) is 2.60. The lowest BCUT2D eigenvalue weighted by atomic mass is 9.98. The molecular formula is C17H24N4O4. The van der Waals surface area contributed by atoms with E-state index < -0.39 is 6.03 Å². The lowest BCUT2D eigenvalue weighted by Crippen LogP contribution is -2.50. The molecule has 0 radical (unpaired) electrons. The summed E-state index contributed by atoms with van der Waals surface area (Å²) >= 11 is 0. The van der Waals surface area contributed by atoms with Crippen LogP contribution < -0.4 is 25.8 Å². The minimum absolute atomic E-state index is 0.119. The highest BCUT2D eigenvalue weighted by atomic mass is 16.6. The summed E-state index contributed by atoms with van der Waals surface area (Å²) in [5.41, 5.74) is 5.10. The zero-order valence-electron chi connectivity index (χ0n) is 14.1. The van der Waals surface area contributed by atoms with E-state index in [-0.39, 0.29) is 18.1 Å². The van der Waals surface area contributed by atoms with E-state index in [2.05, 4.69) is 10.6 Å². The highest BCUT2D eigenvalue weighted by Crippen LogP contribution is 2.30. The van der Waals surface area contributed by atoms with Crippen molar-refractivity contribution in [1.29, 1.82) is 0 Å². The van der Waals surface area contributed by atoms with E-state index in [4.69, 9.17) is 15.2 Å². The van der Waals surface area contributed by atoms with Crippen molar-refractivity contribution in [2.24, 2.45) is 11.7 Å². The van der Waals surface area contributed by atoms with Gasteiger partial charge in [0.05, 0.1) is 6.54 Å². The maximum Gasteiger partial charge on any atom is 0.317 e. The van der Waals surface area contributed by atoms with E-state index in [1.165, 1.54) is 0 Å². The Labute approximate surface area is 146 Å². The monoisotopic (exact) mass is 348 g/mol. The van der Waals surface area contributed by atoms with Gasteiger partial charge in [-0.2, -0.15) is 0 Å². The number of rotatable bonds is 4. The lowest BCUT2D eigenvalue weighted by molar-refractivity contribution is 0.0889. The number of primary amides is 1. The zero-order chi connectivity index (χ0) is 17.6. The molecule has 0 saturated carbocycles. The fourth-order valence-electron chi connectivity index (χ4n) is 3.14. The Morgan fingerprint density at radius 1 is 1.20 bits per heavy atom. The normalized spacial score (nSPS) is 22.2. The van der Waals surface area contributed by atoms with Crippen molar-refractivity contribution < 1.29 is 19.1 Å². The molecule has 2 heterocycles. The number of para-hydroxylation sites is 2. The molecule has 0 aromatic heterocycles. The standard InChI is InChI=1S/C17H24N4O4/c18-16(22)19-8-12-4-3-7-21(10-12)17(23)20-9-13-11-24-14-5-1-2-6-15(14)25-13/h1-2,5-6,12-13H,3-4,7-11H2,(H,20,23)(H3,18,19,22)/t12-,13-/m0/s1. The van der Waals surface area contributed by atoms with Crippen molar-refractivity contribution >= 4 is 12.1 Å². The average Bonchev–Trinajstić information content (AvgIpc) is 2.64. The molecule has 8 heteroatoms. The first-order valence-electron chi connectivity index (χ1n) is 8.56. The maximum atomic E-state index is 12.4. The lowest BCUT2D eigenvalue weighted by Gasteiger charge is -2.33. The number of ether oxygens (including phenoxy) is 2. The van der Waals surface area contributed by atoms with Gasteiger partial charge >= 0.3 is 12.1 Å². The van der Waals surface area contributed by atoms with Gasteiger partial charge in [-0.05, 0) is 30.9 Å². The summed E-state index contributed by atoms with van der Waals surface area (Å²) in [5.74, 6) is 1.66. The fourth-order valence-corrected chi connectivity index (χ4v) is 3.14. The van der Waals surface area contributed by atoms with Crippen LogP contribution >= 0.6 is 0 Å². The van der Waals surface area contributed by atoms with E-state index >= 15 is 0 Å². The van der Waals surface area contributed by atoms with Crippen LogP contribution in [0.1, 0.15) is 12.8 Å². The van der Waals surface area contributed by atoms with Gasteiger partial charge in [-0.25, -0.2) is 9.59 Å². The summed E-state index contributed by atoms with van der Waals surface area (Å²) in [4.78, 5) is 25.0. The maximum absolute atomic E-state index is 12.4. The first-order chi connectivity index (χ1) is 12.1. The largest absolute Gasteiger partial charge is 0.486 e. The Hall–Kier alpha value is -2.64. The van der Waals surface area contributed by atoms with Crippen LogP contribution in [0.25, 0.3) is 0 Å². The Bertz CT molecular complexity index is 624. The molecule has 0 aliphatic carbocycles. The molecule has 4 N–H and O–H groups in total. The van der Waals surface area contributed by atoms with Crippen LogP contribution in [0.2, 0.25) is 0 Å². The van der Waals surface area contributed by atoms with Gasteiger partial charge in [0.15, 0.2) is 17.6 Å². The minimum atomic E-state index is -0.531. The summed E-state index contributed by atoms with van der Waals surface area (Å²) in [5, 5.41) is 5.52. The number of hydrogen-bond donors (Lipinski definition) is 3. The number of nitrogens with two attached hydrogens (primary N) is 1. The Morgan fingerprint density at radius 3 is 2.80 bits per heavy atom. The minimum Gasteiger partial charge on any atom is -0.486 e. The molecule has 1 fully saturated rings. The second-order valence-corrected chi connectivity index (χ2v) is 6.38. The predicted molar refractivity (Wildman–Crippen MR) is 91.6 cm³/mol. The van der Waals surface area contributed by atoms with Gasteiger partial charge in [0.2, 0.25) is 0 Å². The smallest absolute Gasteiger partial charge is 0.317 e. The molecule has 1 saturated heterocycles. The molecule has 2 aliphatic heterocycles. The average molecular weight is 348 g/mol. The van der Waals surface area contributed by atoms with Gasteiger partial charge in [0, 0.05) is 19.6 Å². The van der Waals surface area contributed by atoms with Crippen LogP contribution in [0.15, 0.2) is 24.3 Å². The molecule has 4 amide bonds. The molecule has 3 rings (SSSR count). The number of piperidine rings is 1. The Morgan fingerprint density at radius 2 is 2.00 bits per heavy atom. The second-order valence-electron chi connectivity index (χ2n) is 6.38. The molecule has 8 nitrogen and oxygen atoms in total. The third-order valence-corrected chi connectivity index (χ3v) is 4.42. The van der Waals surface area contributed by atoms with Crippen LogP contribution in [-0.4, -0.2) is 55.9 Å². The first-order valence-corrected chi connectivity index (χ1v) is 8.56. The molecule has 0 unspecified atom stereocenters. The highest BCUT2D eigenvalue weighted by Gasteiger charge is 2.26.